The maximum absolute atomic E-state index is 11.3. The zero-order valence-electron chi connectivity index (χ0n) is 12.8. The van der Waals surface area contributed by atoms with E-state index in [4.69, 9.17) is 0 Å². The lowest BCUT2D eigenvalue weighted by Gasteiger charge is -2.17. The number of rotatable bonds is 13. The Bertz CT molecular complexity index is 238. The van der Waals surface area contributed by atoms with Gasteiger partial charge >= 0.3 is 7.60 Å². The summed E-state index contributed by atoms with van der Waals surface area (Å²) < 4.78 is 11.3. The fraction of sp³-hybridized carbons (Fsp3) is 1.00. The Morgan fingerprint density at radius 2 is 1.21 bits per heavy atom. The molecule has 0 aliphatic heterocycles. The highest BCUT2D eigenvalue weighted by Crippen LogP contribution is 2.45. The molecular formula is C15H33O3P. The normalized spacial score (nSPS) is 13.7. The van der Waals surface area contributed by atoms with Crippen LogP contribution in [0.3, 0.4) is 0 Å². The van der Waals surface area contributed by atoms with Crippen LogP contribution in [0.25, 0.3) is 0 Å². The molecule has 0 rings (SSSR count). The molecule has 4 heteroatoms. The molecule has 0 aromatic rings. The first-order valence-electron chi connectivity index (χ1n) is 8.07. The van der Waals surface area contributed by atoms with Gasteiger partial charge in [-0.05, 0) is 12.8 Å². The van der Waals surface area contributed by atoms with Crippen molar-refractivity contribution in [3.63, 3.8) is 0 Å². The maximum Gasteiger partial charge on any atom is 0.328 e. The summed E-state index contributed by atoms with van der Waals surface area (Å²) in [6.45, 7) is 4.21. The molecule has 0 saturated carbocycles. The predicted octanol–water partition coefficient (Wildman–Crippen LogP) is 5.25. The van der Waals surface area contributed by atoms with Crippen molar-refractivity contribution in [3.8, 4) is 0 Å². The lowest BCUT2D eigenvalue weighted by atomic mass is 10.0. The molecule has 0 heterocycles. The fourth-order valence-corrected chi connectivity index (χ4v) is 3.62. The van der Waals surface area contributed by atoms with Gasteiger partial charge in [0.05, 0.1) is 5.66 Å². The predicted molar refractivity (Wildman–Crippen MR) is 82.6 cm³/mol. The molecule has 0 aromatic heterocycles. The fourth-order valence-electron chi connectivity index (χ4n) is 2.50. The average Bonchev–Trinajstić information content (AvgIpc) is 2.34. The van der Waals surface area contributed by atoms with Gasteiger partial charge in [0.1, 0.15) is 0 Å². The van der Waals surface area contributed by atoms with Gasteiger partial charge in [-0.15, -0.1) is 0 Å². The van der Waals surface area contributed by atoms with Gasteiger partial charge in [0.2, 0.25) is 0 Å². The van der Waals surface area contributed by atoms with E-state index in [1.807, 2.05) is 6.92 Å². The third kappa shape index (κ3) is 11.7. The largest absolute Gasteiger partial charge is 0.328 e. The lowest BCUT2D eigenvalue weighted by molar-refractivity contribution is 0.347. The molecule has 0 spiro atoms. The summed E-state index contributed by atoms with van der Waals surface area (Å²) in [7, 11) is -3.87. The summed E-state index contributed by atoms with van der Waals surface area (Å²) in [6, 6.07) is 0. The van der Waals surface area contributed by atoms with E-state index < -0.39 is 13.3 Å². The molecule has 0 radical (unpaired) electrons. The molecule has 1 atom stereocenters. The van der Waals surface area contributed by atoms with E-state index in [0.717, 1.165) is 19.3 Å². The summed E-state index contributed by atoms with van der Waals surface area (Å²) in [5.74, 6) is 0. The first-order chi connectivity index (χ1) is 9.02. The van der Waals surface area contributed by atoms with Crippen LogP contribution in [0.15, 0.2) is 0 Å². The summed E-state index contributed by atoms with van der Waals surface area (Å²) in [6.07, 6.45) is 13.4. The number of hydrogen-bond donors (Lipinski definition) is 2. The van der Waals surface area contributed by atoms with Gasteiger partial charge in [-0.2, -0.15) is 0 Å². The molecule has 0 bridgehead atoms. The Morgan fingerprint density at radius 3 is 1.63 bits per heavy atom. The highest BCUT2D eigenvalue weighted by atomic mass is 31.2. The molecule has 0 aromatic carbocycles. The Hall–Kier alpha value is 0.150. The minimum atomic E-state index is -3.87. The van der Waals surface area contributed by atoms with Crippen LogP contribution in [0.1, 0.15) is 90.9 Å². The van der Waals surface area contributed by atoms with Crippen LogP contribution in [0.4, 0.5) is 0 Å². The van der Waals surface area contributed by atoms with Gasteiger partial charge in [-0.3, -0.25) is 4.57 Å². The maximum atomic E-state index is 11.3. The zero-order valence-corrected chi connectivity index (χ0v) is 13.7. The smallest absolute Gasteiger partial charge is 0.324 e. The van der Waals surface area contributed by atoms with Crippen LogP contribution in [0.5, 0.6) is 0 Å². The lowest BCUT2D eigenvalue weighted by Crippen LogP contribution is -2.08. The highest BCUT2D eigenvalue weighted by molar-refractivity contribution is 7.52. The van der Waals surface area contributed by atoms with Crippen molar-refractivity contribution in [2.75, 3.05) is 0 Å². The van der Waals surface area contributed by atoms with E-state index in [1.54, 1.807) is 0 Å². The standard InChI is InChI=1S/C15H33O3P/c1-3-5-6-7-8-9-10-11-12-14-15(13-4-2)19(16,17)18/h15H,3-14H2,1-2H3,(H2,16,17,18). The van der Waals surface area contributed by atoms with Gasteiger partial charge in [0.25, 0.3) is 0 Å². The number of hydrogen-bond acceptors (Lipinski definition) is 1. The molecule has 1 unspecified atom stereocenters. The van der Waals surface area contributed by atoms with Crippen LogP contribution < -0.4 is 0 Å². The molecule has 19 heavy (non-hydrogen) atoms. The van der Waals surface area contributed by atoms with Crippen molar-refractivity contribution in [1.82, 2.24) is 0 Å². The second-order valence-electron chi connectivity index (χ2n) is 5.65. The third-order valence-corrected chi connectivity index (χ3v) is 5.21. The highest BCUT2D eigenvalue weighted by Gasteiger charge is 2.26. The van der Waals surface area contributed by atoms with E-state index in [2.05, 4.69) is 6.92 Å². The van der Waals surface area contributed by atoms with Crippen molar-refractivity contribution in [2.24, 2.45) is 0 Å². The van der Waals surface area contributed by atoms with Crippen molar-refractivity contribution in [1.29, 1.82) is 0 Å². The Balaban J connectivity index is 3.48. The molecule has 3 nitrogen and oxygen atoms in total. The van der Waals surface area contributed by atoms with Crippen molar-refractivity contribution in [2.45, 2.75) is 96.6 Å². The van der Waals surface area contributed by atoms with Crippen LogP contribution in [-0.4, -0.2) is 15.4 Å². The molecular weight excluding hydrogens is 259 g/mol. The van der Waals surface area contributed by atoms with Crippen LogP contribution in [0.2, 0.25) is 0 Å². The molecule has 0 fully saturated rings. The van der Waals surface area contributed by atoms with Crippen molar-refractivity contribution in [3.05, 3.63) is 0 Å². The average molecular weight is 292 g/mol. The quantitative estimate of drug-likeness (QED) is 0.360. The topological polar surface area (TPSA) is 57.5 Å². The SMILES string of the molecule is CCCCCCCCCCCC(CCC)P(=O)(O)O. The summed E-state index contributed by atoms with van der Waals surface area (Å²) in [5, 5.41) is 0. The molecule has 0 saturated heterocycles. The van der Waals surface area contributed by atoms with E-state index >= 15 is 0 Å². The molecule has 0 amide bonds. The van der Waals surface area contributed by atoms with Crippen molar-refractivity contribution >= 4 is 7.60 Å². The summed E-state index contributed by atoms with van der Waals surface area (Å²) in [4.78, 5) is 18.5. The van der Waals surface area contributed by atoms with Crippen LogP contribution in [0, 0.1) is 0 Å². The first kappa shape index (κ1) is 19.1. The Kier molecular flexibility index (Phi) is 12.0. The number of unbranched alkanes of at least 4 members (excludes halogenated alkanes) is 8. The Morgan fingerprint density at radius 1 is 0.737 bits per heavy atom. The van der Waals surface area contributed by atoms with Crippen LogP contribution in [-0.2, 0) is 4.57 Å². The minimum absolute atomic E-state index is 0.401. The third-order valence-electron chi connectivity index (χ3n) is 3.74. The van der Waals surface area contributed by atoms with Gasteiger partial charge in [0, 0.05) is 0 Å². The van der Waals surface area contributed by atoms with Gasteiger partial charge in [-0.1, -0.05) is 78.1 Å². The second kappa shape index (κ2) is 11.9. The minimum Gasteiger partial charge on any atom is -0.324 e. The molecule has 0 aliphatic rings. The zero-order chi connectivity index (χ0) is 14.6. The summed E-state index contributed by atoms with van der Waals surface area (Å²) in [5.41, 5.74) is -0.401. The van der Waals surface area contributed by atoms with Gasteiger partial charge in [-0.25, -0.2) is 0 Å². The van der Waals surface area contributed by atoms with Crippen molar-refractivity contribution < 1.29 is 14.4 Å². The molecule has 0 aliphatic carbocycles. The van der Waals surface area contributed by atoms with E-state index in [9.17, 15) is 14.4 Å². The second-order valence-corrected chi connectivity index (χ2v) is 7.56. The monoisotopic (exact) mass is 292 g/mol. The molecule has 2 N–H and O–H groups in total. The molecule has 116 valence electrons. The summed E-state index contributed by atoms with van der Waals surface area (Å²) >= 11 is 0. The Labute approximate surface area is 119 Å². The van der Waals surface area contributed by atoms with Gasteiger partial charge in [0.15, 0.2) is 0 Å². The van der Waals surface area contributed by atoms with E-state index in [1.165, 1.54) is 44.9 Å². The van der Waals surface area contributed by atoms with Crippen LogP contribution >= 0.6 is 7.60 Å². The van der Waals surface area contributed by atoms with E-state index in [0.29, 0.717) is 12.8 Å². The first-order valence-corrected chi connectivity index (χ1v) is 9.75. The van der Waals surface area contributed by atoms with E-state index in [-0.39, 0.29) is 0 Å². The van der Waals surface area contributed by atoms with Gasteiger partial charge < -0.3 is 9.79 Å².